The molecule has 0 spiro atoms. The molecular weight excluding hydrogens is 276 g/mol. The van der Waals surface area contributed by atoms with Crippen molar-refractivity contribution in [3.63, 3.8) is 0 Å². The number of aliphatic hydroxyl groups is 1. The van der Waals surface area contributed by atoms with Crippen LogP contribution in [0.25, 0.3) is 0 Å². The van der Waals surface area contributed by atoms with Gasteiger partial charge < -0.3 is 14.9 Å². The Morgan fingerprint density at radius 1 is 1.00 bits per heavy atom. The largest absolute Gasteiger partial charge is 0.389 e. The SMILES string of the molecule is CCC(O)(CC)CN1CCC(C(=O)N2CCCCCC2)CC1. The van der Waals surface area contributed by atoms with E-state index in [9.17, 15) is 9.90 Å². The van der Waals surface area contributed by atoms with Crippen molar-refractivity contribution in [3.8, 4) is 0 Å². The normalized spacial score (nSPS) is 22.6. The fourth-order valence-corrected chi connectivity index (χ4v) is 3.78. The van der Waals surface area contributed by atoms with Gasteiger partial charge in [-0.25, -0.2) is 0 Å². The number of β-amino-alcohol motifs (C(OH)–C–C–N with tert-alkyl or cyclic N) is 1. The molecule has 0 aromatic carbocycles. The van der Waals surface area contributed by atoms with E-state index in [4.69, 9.17) is 0 Å². The number of hydrogen-bond acceptors (Lipinski definition) is 3. The van der Waals surface area contributed by atoms with Gasteiger partial charge in [-0.2, -0.15) is 0 Å². The molecule has 4 nitrogen and oxygen atoms in total. The van der Waals surface area contributed by atoms with Gasteiger partial charge in [-0.15, -0.1) is 0 Å². The summed E-state index contributed by atoms with van der Waals surface area (Å²) in [7, 11) is 0. The van der Waals surface area contributed by atoms with Crippen molar-refractivity contribution in [3.05, 3.63) is 0 Å². The Kier molecular flexibility index (Phi) is 6.69. The Hall–Kier alpha value is -0.610. The molecule has 2 rings (SSSR count). The maximum absolute atomic E-state index is 12.7. The van der Waals surface area contributed by atoms with Gasteiger partial charge in [0.2, 0.25) is 5.91 Å². The molecular formula is C18H34N2O2. The molecule has 0 atom stereocenters. The van der Waals surface area contributed by atoms with Crippen molar-refractivity contribution < 1.29 is 9.90 Å². The van der Waals surface area contributed by atoms with Crippen LogP contribution in [0.2, 0.25) is 0 Å². The van der Waals surface area contributed by atoms with Crippen molar-refractivity contribution in [2.75, 3.05) is 32.7 Å². The Bertz CT molecular complexity index is 339. The minimum atomic E-state index is -0.554. The summed E-state index contributed by atoms with van der Waals surface area (Å²) in [6, 6.07) is 0. The first-order chi connectivity index (χ1) is 10.6. The maximum Gasteiger partial charge on any atom is 0.225 e. The maximum atomic E-state index is 12.7. The van der Waals surface area contributed by atoms with Gasteiger partial charge in [-0.05, 0) is 51.6 Å². The average Bonchev–Trinajstić information content (AvgIpc) is 2.84. The third-order valence-corrected chi connectivity index (χ3v) is 5.69. The highest BCUT2D eigenvalue weighted by molar-refractivity contribution is 5.79. The fraction of sp³-hybridized carbons (Fsp3) is 0.944. The van der Waals surface area contributed by atoms with E-state index < -0.39 is 5.60 Å². The number of nitrogens with zero attached hydrogens (tertiary/aromatic N) is 2. The summed E-state index contributed by atoms with van der Waals surface area (Å²) in [5.41, 5.74) is -0.554. The van der Waals surface area contributed by atoms with Gasteiger partial charge in [0.05, 0.1) is 5.60 Å². The van der Waals surface area contributed by atoms with Gasteiger partial charge in [0, 0.05) is 25.6 Å². The molecule has 2 aliphatic heterocycles. The smallest absolute Gasteiger partial charge is 0.225 e. The number of hydrogen-bond donors (Lipinski definition) is 1. The van der Waals surface area contributed by atoms with Crippen LogP contribution in [-0.2, 0) is 4.79 Å². The van der Waals surface area contributed by atoms with E-state index in [0.717, 1.165) is 58.4 Å². The Balaban J connectivity index is 1.80. The van der Waals surface area contributed by atoms with Gasteiger partial charge >= 0.3 is 0 Å². The molecule has 1 amide bonds. The predicted molar refractivity (Wildman–Crippen MR) is 89.7 cm³/mol. The first-order valence-electron chi connectivity index (χ1n) is 9.31. The topological polar surface area (TPSA) is 43.8 Å². The van der Waals surface area contributed by atoms with Crippen molar-refractivity contribution in [2.24, 2.45) is 5.92 Å². The molecule has 0 unspecified atom stereocenters. The Labute approximate surface area is 135 Å². The van der Waals surface area contributed by atoms with Gasteiger partial charge in [-0.1, -0.05) is 26.7 Å². The fourth-order valence-electron chi connectivity index (χ4n) is 3.78. The van der Waals surface area contributed by atoms with Crippen LogP contribution in [0.5, 0.6) is 0 Å². The summed E-state index contributed by atoms with van der Waals surface area (Å²) < 4.78 is 0. The van der Waals surface area contributed by atoms with E-state index in [0.29, 0.717) is 5.91 Å². The highest BCUT2D eigenvalue weighted by Crippen LogP contribution is 2.24. The van der Waals surface area contributed by atoms with Crippen molar-refractivity contribution in [1.82, 2.24) is 9.80 Å². The first-order valence-corrected chi connectivity index (χ1v) is 9.31. The Morgan fingerprint density at radius 2 is 1.55 bits per heavy atom. The van der Waals surface area contributed by atoms with Crippen LogP contribution >= 0.6 is 0 Å². The van der Waals surface area contributed by atoms with Gasteiger partial charge in [0.1, 0.15) is 0 Å². The molecule has 0 aromatic rings. The molecule has 0 aliphatic carbocycles. The van der Waals surface area contributed by atoms with Crippen LogP contribution in [0.1, 0.15) is 65.2 Å². The zero-order valence-electron chi connectivity index (χ0n) is 14.5. The molecule has 128 valence electrons. The number of rotatable bonds is 5. The number of likely N-dealkylation sites (tertiary alicyclic amines) is 2. The lowest BCUT2D eigenvalue weighted by Crippen LogP contribution is -2.48. The molecule has 0 bridgehead atoms. The van der Waals surface area contributed by atoms with Crippen LogP contribution in [-0.4, -0.2) is 59.1 Å². The second kappa shape index (κ2) is 8.30. The molecule has 2 aliphatic rings. The Morgan fingerprint density at radius 3 is 2.05 bits per heavy atom. The van der Waals surface area contributed by atoms with Crippen LogP contribution < -0.4 is 0 Å². The molecule has 0 saturated carbocycles. The van der Waals surface area contributed by atoms with Crippen LogP contribution in [0.3, 0.4) is 0 Å². The number of piperidine rings is 1. The molecule has 4 heteroatoms. The highest BCUT2D eigenvalue weighted by atomic mass is 16.3. The zero-order valence-corrected chi connectivity index (χ0v) is 14.5. The molecule has 2 saturated heterocycles. The van der Waals surface area contributed by atoms with Gasteiger partial charge in [0.25, 0.3) is 0 Å². The molecule has 2 fully saturated rings. The third-order valence-electron chi connectivity index (χ3n) is 5.69. The highest BCUT2D eigenvalue weighted by Gasteiger charge is 2.32. The monoisotopic (exact) mass is 310 g/mol. The van der Waals surface area contributed by atoms with Crippen LogP contribution in [0, 0.1) is 5.92 Å². The summed E-state index contributed by atoms with van der Waals surface area (Å²) in [5, 5.41) is 10.5. The van der Waals surface area contributed by atoms with Crippen molar-refractivity contribution in [2.45, 2.75) is 70.8 Å². The third kappa shape index (κ3) is 4.69. The van der Waals surface area contributed by atoms with E-state index in [-0.39, 0.29) is 5.92 Å². The molecule has 0 aromatic heterocycles. The van der Waals surface area contributed by atoms with E-state index in [1.807, 2.05) is 0 Å². The zero-order chi connectivity index (χ0) is 16.0. The average molecular weight is 310 g/mol. The minimum Gasteiger partial charge on any atom is -0.389 e. The van der Waals surface area contributed by atoms with E-state index in [1.54, 1.807) is 0 Å². The van der Waals surface area contributed by atoms with Crippen LogP contribution in [0.4, 0.5) is 0 Å². The summed E-state index contributed by atoms with van der Waals surface area (Å²) in [4.78, 5) is 17.1. The first kappa shape index (κ1) is 17.7. The quantitative estimate of drug-likeness (QED) is 0.849. The molecule has 2 heterocycles. The second-order valence-electron chi connectivity index (χ2n) is 7.22. The van der Waals surface area contributed by atoms with E-state index in [1.165, 1.54) is 25.7 Å². The molecule has 0 radical (unpaired) electrons. The lowest BCUT2D eigenvalue weighted by Gasteiger charge is -2.38. The van der Waals surface area contributed by atoms with Crippen LogP contribution in [0.15, 0.2) is 0 Å². The number of amides is 1. The minimum absolute atomic E-state index is 0.214. The molecule has 1 N–H and O–H groups in total. The molecule has 22 heavy (non-hydrogen) atoms. The van der Waals surface area contributed by atoms with E-state index in [2.05, 4.69) is 23.6 Å². The predicted octanol–water partition coefficient (Wildman–Crippen LogP) is 2.65. The lowest BCUT2D eigenvalue weighted by molar-refractivity contribution is -0.137. The number of carbonyl (C=O) groups excluding carboxylic acids is 1. The van der Waals surface area contributed by atoms with Gasteiger partial charge in [0.15, 0.2) is 0 Å². The summed E-state index contributed by atoms with van der Waals surface area (Å²) in [6.07, 6.45) is 8.41. The summed E-state index contributed by atoms with van der Waals surface area (Å²) in [5.74, 6) is 0.605. The van der Waals surface area contributed by atoms with Crippen molar-refractivity contribution >= 4 is 5.91 Å². The summed E-state index contributed by atoms with van der Waals surface area (Å²) >= 11 is 0. The van der Waals surface area contributed by atoms with E-state index >= 15 is 0 Å². The van der Waals surface area contributed by atoms with Gasteiger partial charge in [-0.3, -0.25) is 4.79 Å². The standard InChI is InChI=1S/C18H34N2O2/c1-3-18(22,4-2)15-19-13-9-16(10-14-19)17(21)20-11-7-5-6-8-12-20/h16,22H,3-15H2,1-2H3. The van der Waals surface area contributed by atoms with Crippen molar-refractivity contribution in [1.29, 1.82) is 0 Å². The second-order valence-corrected chi connectivity index (χ2v) is 7.22. The number of carbonyl (C=O) groups is 1. The summed E-state index contributed by atoms with van der Waals surface area (Å²) in [6.45, 7) is 8.69. The lowest BCUT2D eigenvalue weighted by atomic mass is 9.92.